The summed E-state index contributed by atoms with van der Waals surface area (Å²) in [5, 5.41) is 18.5. The van der Waals surface area contributed by atoms with Crippen LogP contribution in [-0.2, 0) is 18.4 Å². The molecule has 9 heteroatoms. The zero-order valence-electron chi connectivity index (χ0n) is 14.8. The molecule has 1 N–H and O–H groups in total. The Kier molecular flexibility index (Phi) is 7.35. The van der Waals surface area contributed by atoms with Gasteiger partial charge in [-0.25, -0.2) is 0 Å². The quantitative estimate of drug-likeness (QED) is 0.631. The number of benzene rings is 1. The number of hydrogen-bond acceptors (Lipinski definition) is 8. The highest BCUT2D eigenvalue weighted by Crippen LogP contribution is 2.38. The van der Waals surface area contributed by atoms with Crippen LogP contribution in [0.25, 0.3) is 0 Å². The van der Waals surface area contributed by atoms with Gasteiger partial charge in [-0.05, 0) is 17.7 Å². The van der Waals surface area contributed by atoms with Crippen LogP contribution in [0.4, 0.5) is 0 Å². The van der Waals surface area contributed by atoms with Crippen molar-refractivity contribution >= 4 is 11.8 Å². The molecule has 1 atom stereocenters. The lowest BCUT2D eigenvalue weighted by Gasteiger charge is -2.15. The van der Waals surface area contributed by atoms with Crippen LogP contribution >= 0.6 is 11.8 Å². The van der Waals surface area contributed by atoms with Crippen molar-refractivity contribution in [1.29, 1.82) is 0 Å². The van der Waals surface area contributed by atoms with Gasteiger partial charge < -0.3 is 28.6 Å². The number of ether oxygens (including phenoxy) is 4. The Morgan fingerprint density at radius 1 is 1.16 bits per heavy atom. The maximum Gasteiger partial charge on any atom is 0.203 e. The minimum Gasteiger partial charge on any atom is -0.493 e. The van der Waals surface area contributed by atoms with Crippen LogP contribution in [0.15, 0.2) is 23.6 Å². The van der Waals surface area contributed by atoms with Gasteiger partial charge in [0.2, 0.25) is 5.75 Å². The number of aromatic nitrogens is 3. The smallest absolute Gasteiger partial charge is 0.203 e. The molecule has 0 aliphatic heterocycles. The lowest BCUT2D eigenvalue weighted by Crippen LogP contribution is -2.18. The molecule has 0 radical (unpaired) electrons. The van der Waals surface area contributed by atoms with Crippen LogP contribution in [0.5, 0.6) is 17.2 Å². The van der Waals surface area contributed by atoms with Gasteiger partial charge in [0.05, 0.1) is 40.6 Å². The van der Waals surface area contributed by atoms with Crippen molar-refractivity contribution in [3.63, 3.8) is 0 Å². The Bertz CT molecular complexity index is 655. The number of rotatable bonds is 10. The average molecular weight is 369 g/mol. The van der Waals surface area contributed by atoms with Crippen molar-refractivity contribution in [2.45, 2.75) is 17.9 Å². The number of aryl methyl sites for hydroxylation is 1. The fraction of sp³-hybridized carbons (Fsp3) is 0.500. The van der Waals surface area contributed by atoms with E-state index in [1.807, 2.05) is 19.2 Å². The van der Waals surface area contributed by atoms with Crippen LogP contribution in [0.2, 0.25) is 0 Å². The maximum atomic E-state index is 10.0. The van der Waals surface area contributed by atoms with Gasteiger partial charge in [-0.2, -0.15) is 0 Å². The third kappa shape index (κ3) is 5.25. The first-order valence-corrected chi connectivity index (χ1v) is 8.59. The van der Waals surface area contributed by atoms with Crippen LogP contribution in [0.1, 0.15) is 5.56 Å². The second kappa shape index (κ2) is 9.50. The summed E-state index contributed by atoms with van der Waals surface area (Å²) in [4.78, 5) is 0. The summed E-state index contributed by atoms with van der Waals surface area (Å²) in [7, 11) is 6.54. The molecule has 0 aliphatic carbocycles. The van der Waals surface area contributed by atoms with E-state index in [-0.39, 0.29) is 6.61 Å². The van der Waals surface area contributed by atoms with Gasteiger partial charge >= 0.3 is 0 Å². The van der Waals surface area contributed by atoms with E-state index >= 15 is 0 Å². The van der Waals surface area contributed by atoms with E-state index in [2.05, 4.69) is 10.2 Å². The number of aliphatic hydroxyl groups excluding tert-OH is 1. The summed E-state index contributed by atoms with van der Waals surface area (Å²) in [5.74, 6) is 2.15. The molecule has 2 rings (SSSR count). The molecule has 0 amide bonds. The molecule has 8 nitrogen and oxygen atoms in total. The molecule has 1 aromatic carbocycles. The van der Waals surface area contributed by atoms with Crippen molar-refractivity contribution in [3.8, 4) is 17.2 Å². The minimum absolute atomic E-state index is 0.210. The first-order valence-electron chi connectivity index (χ1n) is 7.60. The number of methoxy groups -OCH3 is 3. The lowest BCUT2D eigenvalue weighted by molar-refractivity contribution is 0.0396. The molecule has 1 unspecified atom stereocenters. The maximum absolute atomic E-state index is 10.0. The molecule has 0 saturated carbocycles. The first-order chi connectivity index (χ1) is 12.1. The predicted octanol–water partition coefficient (Wildman–Crippen LogP) is 1.51. The number of aliphatic hydroxyl groups is 1. The Morgan fingerprint density at radius 2 is 1.84 bits per heavy atom. The molecule has 0 bridgehead atoms. The van der Waals surface area contributed by atoms with Crippen molar-refractivity contribution in [2.24, 2.45) is 7.05 Å². The van der Waals surface area contributed by atoms with E-state index in [1.54, 1.807) is 32.2 Å². The minimum atomic E-state index is -0.608. The standard InChI is InChI=1S/C16H23N3O5S/c1-19-10-17-18-16(19)25-9-12(20)8-24-7-11-5-13(21-2)15(23-4)14(6-11)22-3/h5-6,10,12,20H,7-9H2,1-4H3. The van der Waals surface area contributed by atoms with E-state index < -0.39 is 6.10 Å². The van der Waals surface area contributed by atoms with Crippen LogP contribution < -0.4 is 14.2 Å². The van der Waals surface area contributed by atoms with Gasteiger partial charge in [0, 0.05) is 12.8 Å². The van der Waals surface area contributed by atoms with Gasteiger partial charge in [-0.1, -0.05) is 11.8 Å². The fourth-order valence-electron chi connectivity index (χ4n) is 2.15. The zero-order chi connectivity index (χ0) is 18.2. The van der Waals surface area contributed by atoms with E-state index in [9.17, 15) is 5.11 Å². The third-order valence-corrected chi connectivity index (χ3v) is 4.56. The highest BCUT2D eigenvalue weighted by molar-refractivity contribution is 7.99. The summed E-state index contributed by atoms with van der Waals surface area (Å²) < 4.78 is 23.3. The molecular weight excluding hydrogens is 346 g/mol. The largest absolute Gasteiger partial charge is 0.493 e. The first kappa shape index (κ1) is 19.4. The molecule has 138 valence electrons. The van der Waals surface area contributed by atoms with E-state index in [1.165, 1.54) is 11.8 Å². The molecule has 1 heterocycles. The Labute approximate surface area is 151 Å². The highest BCUT2D eigenvalue weighted by Gasteiger charge is 2.14. The topological polar surface area (TPSA) is 87.9 Å². The molecule has 25 heavy (non-hydrogen) atoms. The SMILES string of the molecule is COc1cc(COCC(O)CSc2nncn2C)cc(OC)c1OC. The third-order valence-electron chi connectivity index (χ3n) is 3.38. The zero-order valence-corrected chi connectivity index (χ0v) is 15.6. The average Bonchev–Trinajstić information content (AvgIpc) is 3.03. The second-order valence-electron chi connectivity index (χ2n) is 5.24. The Hall–Kier alpha value is -1.97. The Balaban J connectivity index is 1.85. The van der Waals surface area contributed by atoms with Gasteiger partial charge in [-0.3, -0.25) is 0 Å². The molecule has 0 fully saturated rings. The van der Waals surface area contributed by atoms with Crippen molar-refractivity contribution < 1.29 is 24.1 Å². The van der Waals surface area contributed by atoms with Crippen LogP contribution in [-0.4, -0.2) is 59.7 Å². The summed E-state index contributed by atoms with van der Waals surface area (Å²) in [6.07, 6.45) is 1.01. The number of hydrogen-bond donors (Lipinski definition) is 1. The van der Waals surface area contributed by atoms with Gasteiger partial charge in [0.25, 0.3) is 0 Å². The Morgan fingerprint density at radius 3 is 2.36 bits per heavy atom. The van der Waals surface area contributed by atoms with Gasteiger partial charge in [0.15, 0.2) is 16.7 Å². The molecule has 1 aromatic heterocycles. The van der Waals surface area contributed by atoms with Gasteiger partial charge in [0.1, 0.15) is 6.33 Å². The monoisotopic (exact) mass is 369 g/mol. The van der Waals surface area contributed by atoms with Crippen molar-refractivity contribution in [1.82, 2.24) is 14.8 Å². The molecule has 2 aromatic rings. The van der Waals surface area contributed by atoms with Gasteiger partial charge in [-0.15, -0.1) is 10.2 Å². The van der Waals surface area contributed by atoms with Crippen LogP contribution in [0, 0.1) is 0 Å². The molecule has 0 saturated heterocycles. The highest BCUT2D eigenvalue weighted by atomic mass is 32.2. The van der Waals surface area contributed by atoms with Crippen molar-refractivity contribution in [2.75, 3.05) is 33.7 Å². The fourth-order valence-corrected chi connectivity index (χ4v) is 2.95. The van der Waals surface area contributed by atoms with Crippen LogP contribution in [0.3, 0.4) is 0 Å². The molecule has 0 aliphatic rings. The lowest BCUT2D eigenvalue weighted by atomic mass is 10.2. The van der Waals surface area contributed by atoms with Crippen molar-refractivity contribution in [3.05, 3.63) is 24.0 Å². The molecule has 0 spiro atoms. The summed E-state index contributed by atoms with van der Waals surface area (Å²) >= 11 is 1.43. The summed E-state index contributed by atoms with van der Waals surface area (Å²) in [6.45, 7) is 0.532. The summed E-state index contributed by atoms with van der Waals surface area (Å²) in [6, 6.07) is 3.64. The number of nitrogens with zero attached hydrogens (tertiary/aromatic N) is 3. The number of thioether (sulfide) groups is 1. The second-order valence-corrected chi connectivity index (χ2v) is 6.23. The normalized spacial score (nSPS) is 12.0. The van der Waals surface area contributed by atoms with E-state index in [0.29, 0.717) is 29.6 Å². The predicted molar refractivity (Wildman–Crippen MR) is 93.5 cm³/mol. The molecular formula is C16H23N3O5S. The summed E-state index contributed by atoms with van der Waals surface area (Å²) in [5.41, 5.74) is 0.864. The van der Waals surface area contributed by atoms with E-state index in [4.69, 9.17) is 18.9 Å². The van der Waals surface area contributed by atoms with E-state index in [0.717, 1.165) is 10.7 Å².